The van der Waals surface area contributed by atoms with Gasteiger partial charge in [0.15, 0.2) is 0 Å². The molecule has 0 aliphatic carbocycles. The topological polar surface area (TPSA) is 68.5 Å². The number of thiophene rings is 1. The van der Waals surface area contributed by atoms with Gasteiger partial charge in [-0.25, -0.2) is 4.79 Å². The molecule has 5 nitrogen and oxygen atoms in total. The largest absolute Gasteiger partial charge is 0.462 e. The van der Waals surface area contributed by atoms with E-state index in [1.807, 2.05) is 19.1 Å². The molecule has 2 aromatic heterocycles. The molecule has 2 heterocycles. The van der Waals surface area contributed by atoms with Gasteiger partial charge in [-0.2, -0.15) is 0 Å². The van der Waals surface area contributed by atoms with Crippen molar-refractivity contribution in [3.05, 3.63) is 64.7 Å². The van der Waals surface area contributed by atoms with Gasteiger partial charge in [-0.05, 0) is 38.1 Å². The molecular formula is C19H17NO4S. The Morgan fingerprint density at radius 3 is 2.56 bits per heavy atom. The lowest BCUT2D eigenvalue weighted by Crippen LogP contribution is -2.14. The maximum atomic E-state index is 12.4. The molecule has 0 fully saturated rings. The van der Waals surface area contributed by atoms with E-state index in [1.165, 1.54) is 11.3 Å². The minimum Gasteiger partial charge on any atom is -0.462 e. The molecule has 1 aromatic carbocycles. The Bertz CT molecular complexity index is 895. The Labute approximate surface area is 149 Å². The van der Waals surface area contributed by atoms with Gasteiger partial charge in [0.05, 0.1) is 6.61 Å². The maximum Gasteiger partial charge on any atom is 0.341 e. The number of aryl methyl sites for hydroxylation is 1. The van der Waals surface area contributed by atoms with E-state index in [0.29, 0.717) is 27.5 Å². The van der Waals surface area contributed by atoms with Crippen LogP contribution in [-0.4, -0.2) is 18.5 Å². The van der Waals surface area contributed by atoms with Gasteiger partial charge in [0.25, 0.3) is 5.91 Å². The van der Waals surface area contributed by atoms with Gasteiger partial charge < -0.3 is 14.5 Å². The van der Waals surface area contributed by atoms with Crippen LogP contribution in [-0.2, 0) is 4.74 Å². The maximum absolute atomic E-state index is 12.4. The molecule has 128 valence electrons. The van der Waals surface area contributed by atoms with Crippen molar-refractivity contribution < 1.29 is 18.7 Å². The fourth-order valence-corrected chi connectivity index (χ4v) is 3.31. The molecule has 0 saturated heterocycles. The number of carbonyl (C=O) groups is 2. The van der Waals surface area contributed by atoms with Crippen LogP contribution < -0.4 is 5.32 Å². The number of hydrogen-bond donors (Lipinski definition) is 1. The second kappa shape index (κ2) is 7.36. The monoisotopic (exact) mass is 355 g/mol. The quantitative estimate of drug-likeness (QED) is 0.671. The zero-order chi connectivity index (χ0) is 17.8. The van der Waals surface area contributed by atoms with E-state index in [0.717, 1.165) is 5.76 Å². The van der Waals surface area contributed by atoms with Crippen molar-refractivity contribution in [3.8, 4) is 11.3 Å². The van der Waals surface area contributed by atoms with Crippen LogP contribution in [0.5, 0.6) is 0 Å². The molecule has 0 radical (unpaired) electrons. The molecule has 6 heteroatoms. The Morgan fingerprint density at radius 1 is 1.16 bits per heavy atom. The number of ether oxygens (including phenoxy) is 1. The lowest BCUT2D eigenvalue weighted by molar-refractivity contribution is 0.0529. The fourth-order valence-electron chi connectivity index (χ4n) is 2.38. The number of nitrogens with one attached hydrogen (secondary N) is 1. The van der Waals surface area contributed by atoms with Crippen molar-refractivity contribution >= 4 is 28.2 Å². The first-order valence-electron chi connectivity index (χ1n) is 7.82. The molecule has 0 unspecified atom stereocenters. The van der Waals surface area contributed by atoms with E-state index in [4.69, 9.17) is 9.15 Å². The highest BCUT2D eigenvalue weighted by Crippen LogP contribution is 2.37. The molecule has 0 saturated carbocycles. The van der Waals surface area contributed by atoms with Gasteiger partial charge in [0.2, 0.25) is 0 Å². The van der Waals surface area contributed by atoms with Crippen LogP contribution in [0, 0.1) is 6.92 Å². The van der Waals surface area contributed by atoms with Crippen LogP contribution in [0.1, 0.15) is 33.4 Å². The van der Waals surface area contributed by atoms with Crippen LogP contribution in [0.15, 0.2) is 52.3 Å². The van der Waals surface area contributed by atoms with E-state index in [1.54, 1.807) is 42.6 Å². The van der Waals surface area contributed by atoms with E-state index >= 15 is 0 Å². The minimum atomic E-state index is -0.490. The van der Waals surface area contributed by atoms with Gasteiger partial charge in [0.1, 0.15) is 22.1 Å². The van der Waals surface area contributed by atoms with Crippen LogP contribution in [0.25, 0.3) is 11.3 Å². The lowest BCUT2D eigenvalue weighted by Gasteiger charge is -2.08. The number of furan rings is 1. The third-order valence-corrected chi connectivity index (χ3v) is 4.43. The zero-order valence-corrected chi connectivity index (χ0v) is 14.7. The van der Waals surface area contributed by atoms with Crippen molar-refractivity contribution in [2.45, 2.75) is 13.8 Å². The summed E-state index contributed by atoms with van der Waals surface area (Å²) in [5.41, 5.74) is 1.44. The van der Waals surface area contributed by atoms with Gasteiger partial charge in [-0.15, -0.1) is 11.3 Å². The second-order valence-electron chi connectivity index (χ2n) is 5.30. The number of amides is 1. The summed E-state index contributed by atoms with van der Waals surface area (Å²) in [5.74, 6) is 0.536. The van der Waals surface area contributed by atoms with Crippen molar-refractivity contribution in [2.75, 3.05) is 11.9 Å². The molecule has 0 aliphatic heterocycles. The Morgan fingerprint density at radius 2 is 1.92 bits per heavy atom. The second-order valence-corrected chi connectivity index (χ2v) is 6.18. The summed E-state index contributed by atoms with van der Waals surface area (Å²) in [5, 5.41) is 5.02. The third kappa shape index (κ3) is 3.64. The zero-order valence-electron chi connectivity index (χ0n) is 13.9. The molecule has 0 aliphatic rings. The molecule has 0 spiro atoms. The molecule has 0 bridgehead atoms. The SMILES string of the molecule is CCOC(=O)c1c(-c2ccc(C)o2)csc1NC(=O)c1ccccc1. The summed E-state index contributed by atoms with van der Waals surface area (Å²) >= 11 is 1.26. The van der Waals surface area contributed by atoms with Gasteiger partial charge in [-0.3, -0.25) is 4.79 Å². The highest BCUT2D eigenvalue weighted by Gasteiger charge is 2.24. The first-order chi connectivity index (χ1) is 12.1. The normalized spacial score (nSPS) is 10.5. The molecule has 3 aromatic rings. The van der Waals surface area contributed by atoms with Crippen molar-refractivity contribution in [1.29, 1.82) is 0 Å². The van der Waals surface area contributed by atoms with E-state index in [-0.39, 0.29) is 12.5 Å². The average Bonchev–Trinajstić information content (AvgIpc) is 3.22. The Balaban J connectivity index is 1.97. The smallest absolute Gasteiger partial charge is 0.341 e. The van der Waals surface area contributed by atoms with E-state index in [9.17, 15) is 9.59 Å². The molecular weight excluding hydrogens is 338 g/mol. The average molecular weight is 355 g/mol. The summed E-state index contributed by atoms with van der Waals surface area (Å²) in [4.78, 5) is 24.9. The number of rotatable bonds is 5. The third-order valence-electron chi connectivity index (χ3n) is 3.54. The minimum absolute atomic E-state index is 0.247. The van der Waals surface area contributed by atoms with E-state index < -0.39 is 5.97 Å². The summed E-state index contributed by atoms with van der Waals surface area (Å²) < 4.78 is 10.8. The summed E-state index contributed by atoms with van der Waals surface area (Å²) in [6.45, 7) is 3.82. The lowest BCUT2D eigenvalue weighted by atomic mass is 10.1. The molecule has 1 amide bonds. The van der Waals surface area contributed by atoms with Crippen LogP contribution in [0.2, 0.25) is 0 Å². The molecule has 3 rings (SSSR count). The Kier molecular flexibility index (Phi) is 5.00. The van der Waals surface area contributed by atoms with Crippen LogP contribution >= 0.6 is 11.3 Å². The summed E-state index contributed by atoms with van der Waals surface area (Å²) in [7, 11) is 0. The number of benzene rings is 1. The summed E-state index contributed by atoms with van der Waals surface area (Å²) in [6, 6.07) is 12.4. The van der Waals surface area contributed by atoms with Crippen molar-refractivity contribution in [3.63, 3.8) is 0 Å². The number of carbonyl (C=O) groups excluding carboxylic acids is 2. The molecule has 1 N–H and O–H groups in total. The van der Waals surface area contributed by atoms with Gasteiger partial charge in [0, 0.05) is 16.5 Å². The summed E-state index contributed by atoms with van der Waals surface area (Å²) in [6.07, 6.45) is 0. The van der Waals surface area contributed by atoms with Crippen LogP contribution in [0.4, 0.5) is 5.00 Å². The highest BCUT2D eigenvalue weighted by molar-refractivity contribution is 7.15. The first-order valence-corrected chi connectivity index (χ1v) is 8.70. The van der Waals surface area contributed by atoms with Crippen molar-refractivity contribution in [2.24, 2.45) is 0 Å². The molecule has 25 heavy (non-hydrogen) atoms. The number of esters is 1. The van der Waals surface area contributed by atoms with E-state index in [2.05, 4.69) is 5.32 Å². The van der Waals surface area contributed by atoms with Gasteiger partial charge in [-0.1, -0.05) is 18.2 Å². The highest BCUT2D eigenvalue weighted by atomic mass is 32.1. The standard InChI is InChI=1S/C19H17NO4S/c1-3-23-19(22)16-14(15-10-9-12(2)24-15)11-25-18(16)20-17(21)13-7-5-4-6-8-13/h4-11H,3H2,1-2H3,(H,20,21). The molecule has 0 atom stereocenters. The fraction of sp³-hybridized carbons (Fsp3) is 0.158. The Hall–Kier alpha value is -2.86. The number of anilines is 1. The van der Waals surface area contributed by atoms with Crippen LogP contribution in [0.3, 0.4) is 0 Å². The predicted octanol–water partition coefficient (Wildman–Crippen LogP) is 4.75. The predicted molar refractivity (Wildman–Crippen MR) is 97.1 cm³/mol. The van der Waals surface area contributed by atoms with Crippen molar-refractivity contribution in [1.82, 2.24) is 0 Å². The number of hydrogen-bond acceptors (Lipinski definition) is 5. The first kappa shape index (κ1) is 17.0. The van der Waals surface area contributed by atoms with Gasteiger partial charge >= 0.3 is 5.97 Å².